The Bertz CT molecular complexity index is 824. The van der Waals surface area contributed by atoms with Crippen molar-refractivity contribution in [3.63, 3.8) is 0 Å². The fourth-order valence-electron chi connectivity index (χ4n) is 3.15. The highest BCUT2D eigenvalue weighted by molar-refractivity contribution is 5.96. The number of aromatic nitrogens is 2. The zero-order valence-corrected chi connectivity index (χ0v) is 17.2. The maximum absolute atomic E-state index is 13.2. The highest BCUT2D eigenvalue weighted by atomic mass is 16.5. The van der Waals surface area contributed by atoms with Gasteiger partial charge in [0, 0.05) is 43.8 Å². The molecule has 0 fully saturated rings. The third-order valence-corrected chi connectivity index (χ3v) is 4.63. The third-order valence-electron chi connectivity index (χ3n) is 4.63. The van der Waals surface area contributed by atoms with Gasteiger partial charge in [-0.1, -0.05) is 12.1 Å². The maximum Gasteiger partial charge on any atom is 0.308 e. The van der Waals surface area contributed by atoms with Crippen LogP contribution in [0.1, 0.15) is 47.8 Å². The van der Waals surface area contributed by atoms with Crippen LogP contribution in [0.25, 0.3) is 5.82 Å². The van der Waals surface area contributed by atoms with Gasteiger partial charge in [0.05, 0.1) is 11.5 Å². The molecule has 0 aromatic carbocycles. The van der Waals surface area contributed by atoms with Crippen LogP contribution in [-0.4, -0.2) is 57.9 Å². The van der Waals surface area contributed by atoms with Gasteiger partial charge in [0.25, 0.3) is 5.91 Å². The number of carboxylic acids is 1. The predicted molar refractivity (Wildman–Crippen MR) is 104 cm³/mol. The number of ether oxygens (including phenoxy) is 1. The molecule has 0 aliphatic rings. The van der Waals surface area contributed by atoms with Crippen molar-refractivity contribution in [1.82, 2.24) is 14.6 Å². The average molecular weight is 391 g/mol. The summed E-state index contributed by atoms with van der Waals surface area (Å²) >= 11 is 0. The Balaban J connectivity index is 2.28. The number of nitrogens with zero attached hydrogens (tertiary/aromatic N) is 3. The van der Waals surface area contributed by atoms with E-state index in [0.717, 1.165) is 11.4 Å². The molecule has 2 heterocycles. The maximum atomic E-state index is 13.2. The van der Waals surface area contributed by atoms with Crippen molar-refractivity contribution in [2.24, 2.45) is 5.92 Å². The minimum Gasteiger partial charge on any atom is -0.481 e. The average Bonchev–Trinajstić information content (AvgIpc) is 3.19. The molecule has 0 bridgehead atoms. The quantitative estimate of drug-likeness (QED) is 0.625. The third kappa shape index (κ3) is 5.01. The van der Waals surface area contributed by atoms with E-state index < -0.39 is 11.9 Å². The van der Waals surface area contributed by atoms with E-state index in [1.54, 1.807) is 17.9 Å². The Morgan fingerprint density at radius 1 is 1.32 bits per heavy atom. The lowest BCUT2D eigenvalue weighted by atomic mass is 10.1. The number of amides is 1. The molecule has 8 nitrogen and oxygen atoms in total. The van der Waals surface area contributed by atoms with E-state index in [4.69, 9.17) is 9.26 Å². The summed E-state index contributed by atoms with van der Waals surface area (Å²) in [6.45, 7) is 10.8. The first-order chi connectivity index (χ1) is 13.3. The van der Waals surface area contributed by atoms with Crippen LogP contribution in [0, 0.1) is 26.7 Å². The largest absolute Gasteiger partial charge is 0.481 e. The Labute approximate surface area is 165 Å². The molecule has 2 aromatic heterocycles. The zero-order valence-electron chi connectivity index (χ0n) is 17.2. The molecule has 28 heavy (non-hydrogen) atoms. The number of aryl methyl sites for hydroxylation is 2. The van der Waals surface area contributed by atoms with Gasteiger partial charge in [-0.05, 0) is 40.2 Å². The Morgan fingerprint density at radius 3 is 2.61 bits per heavy atom. The summed E-state index contributed by atoms with van der Waals surface area (Å²) in [6.07, 6.45) is 0.646. The molecule has 8 heteroatoms. The molecular weight excluding hydrogens is 362 g/mol. The number of aliphatic carboxylic acids is 1. The number of carboxylic acid groups (broad SMARTS) is 1. The number of carbonyl (C=O) groups is 2. The lowest BCUT2D eigenvalue weighted by Crippen LogP contribution is -2.38. The van der Waals surface area contributed by atoms with Crippen LogP contribution in [0.15, 0.2) is 16.7 Å². The van der Waals surface area contributed by atoms with Crippen molar-refractivity contribution in [3.8, 4) is 5.82 Å². The van der Waals surface area contributed by atoms with E-state index >= 15 is 0 Å². The number of rotatable bonds is 10. The lowest BCUT2D eigenvalue weighted by molar-refractivity contribution is -0.141. The normalized spacial score (nSPS) is 12.2. The lowest BCUT2D eigenvalue weighted by Gasteiger charge is -2.24. The number of hydrogen-bond acceptors (Lipinski definition) is 5. The Kier molecular flexibility index (Phi) is 7.39. The molecule has 2 rings (SSSR count). The highest BCUT2D eigenvalue weighted by Crippen LogP contribution is 2.22. The van der Waals surface area contributed by atoms with Gasteiger partial charge in [0.2, 0.25) is 0 Å². The van der Waals surface area contributed by atoms with Crippen LogP contribution in [-0.2, 0) is 9.53 Å². The van der Waals surface area contributed by atoms with E-state index in [2.05, 4.69) is 5.16 Å². The van der Waals surface area contributed by atoms with Crippen molar-refractivity contribution in [2.45, 2.75) is 41.0 Å². The molecule has 1 atom stereocenters. The van der Waals surface area contributed by atoms with Gasteiger partial charge in [-0.15, -0.1) is 0 Å². The minimum atomic E-state index is -0.925. The summed E-state index contributed by atoms with van der Waals surface area (Å²) in [4.78, 5) is 26.1. The van der Waals surface area contributed by atoms with Crippen LogP contribution in [0.3, 0.4) is 0 Å². The van der Waals surface area contributed by atoms with E-state index in [9.17, 15) is 14.7 Å². The molecule has 0 saturated carbocycles. The summed E-state index contributed by atoms with van der Waals surface area (Å²) < 4.78 is 12.4. The minimum absolute atomic E-state index is 0.146. The number of carbonyl (C=O) groups excluding carboxylic acids is 1. The topological polar surface area (TPSA) is 97.8 Å². The standard InChI is InChI=1S/C20H29N3O5/c1-6-27-9-7-8-22(12-13(2)20(25)26)19(24)17-10-14(3)23(16(17)5)18-11-15(4)28-21-18/h10-11,13H,6-9,12H2,1-5H3,(H,25,26). The van der Waals surface area contributed by atoms with Gasteiger partial charge in [-0.2, -0.15) is 0 Å². The first-order valence-electron chi connectivity index (χ1n) is 9.48. The number of hydrogen-bond donors (Lipinski definition) is 1. The second-order valence-corrected chi connectivity index (χ2v) is 6.96. The van der Waals surface area contributed by atoms with Crippen molar-refractivity contribution in [1.29, 1.82) is 0 Å². The fourth-order valence-corrected chi connectivity index (χ4v) is 3.15. The van der Waals surface area contributed by atoms with Gasteiger partial charge in [0.1, 0.15) is 5.76 Å². The molecule has 2 aromatic rings. The summed E-state index contributed by atoms with van der Waals surface area (Å²) in [5.41, 5.74) is 2.13. The first kappa shape index (κ1) is 21.7. The Hall–Kier alpha value is -2.61. The predicted octanol–water partition coefficient (Wildman–Crippen LogP) is 2.98. The fraction of sp³-hybridized carbons (Fsp3) is 0.550. The summed E-state index contributed by atoms with van der Waals surface area (Å²) in [5, 5.41) is 13.3. The highest BCUT2D eigenvalue weighted by Gasteiger charge is 2.25. The van der Waals surface area contributed by atoms with E-state index in [1.807, 2.05) is 38.3 Å². The van der Waals surface area contributed by atoms with Gasteiger partial charge >= 0.3 is 5.97 Å². The molecule has 0 aliphatic carbocycles. The van der Waals surface area contributed by atoms with Crippen LogP contribution >= 0.6 is 0 Å². The van der Waals surface area contributed by atoms with Crippen LogP contribution in [0.2, 0.25) is 0 Å². The first-order valence-corrected chi connectivity index (χ1v) is 9.48. The summed E-state index contributed by atoms with van der Waals surface area (Å²) in [6, 6.07) is 3.61. The molecular formula is C20H29N3O5. The molecule has 1 unspecified atom stereocenters. The molecule has 1 amide bonds. The molecule has 0 radical (unpaired) electrons. The smallest absolute Gasteiger partial charge is 0.308 e. The van der Waals surface area contributed by atoms with Crippen molar-refractivity contribution >= 4 is 11.9 Å². The van der Waals surface area contributed by atoms with Gasteiger partial charge in [-0.3, -0.25) is 14.2 Å². The van der Waals surface area contributed by atoms with Crippen molar-refractivity contribution in [2.75, 3.05) is 26.3 Å². The van der Waals surface area contributed by atoms with Crippen LogP contribution < -0.4 is 0 Å². The van der Waals surface area contributed by atoms with E-state index in [1.165, 1.54) is 0 Å². The molecule has 0 saturated heterocycles. The van der Waals surface area contributed by atoms with Gasteiger partial charge in [0.15, 0.2) is 5.82 Å². The van der Waals surface area contributed by atoms with Crippen LogP contribution in [0.5, 0.6) is 0 Å². The van der Waals surface area contributed by atoms with Gasteiger partial charge in [-0.25, -0.2) is 0 Å². The van der Waals surface area contributed by atoms with Crippen molar-refractivity contribution < 1.29 is 24.0 Å². The second kappa shape index (κ2) is 9.54. The van der Waals surface area contributed by atoms with Gasteiger partial charge < -0.3 is 19.3 Å². The molecule has 0 spiro atoms. The second-order valence-electron chi connectivity index (χ2n) is 6.96. The molecule has 1 N–H and O–H groups in total. The molecule has 0 aliphatic heterocycles. The summed E-state index contributed by atoms with van der Waals surface area (Å²) in [7, 11) is 0. The van der Waals surface area contributed by atoms with E-state index in [-0.39, 0.29) is 12.5 Å². The zero-order chi connectivity index (χ0) is 20.8. The van der Waals surface area contributed by atoms with Crippen molar-refractivity contribution in [3.05, 3.63) is 34.8 Å². The SMILES string of the molecule is CCOCCCN(CC(C)C(=O)O)C(=O)c1cc(C)n(-c2cc(C)on2)c1C. The molecule has 154 valence electrons. The van der Waals surface area contributed by atoms with Crippen LogP contribution in [0.4, 0.5) is 0 Å². The monoisotopic (exact) mass is 391 g/mol. The van der Waals surface area contributed by atoms with E-state index in [0.29, 0.717) is 43.3 Å². The summed E-state index contributed by atoms with van der Waals surface area (Å²) in [5.74, 6) is -0.468. The Morgan fingerprint density at radius 2 is 2.04 bits per heavy atom.